The molecule has 2 rings (SSSR count). The number of allylic oxidation sites excluding steroid dienone is 3. The first-order valence-electron chi connectivity index (χ1n) is 11.8. The third kappa shape index (κ3) is 8.87. The molecule has 33 heavy (non-hydrogen) atoms. The molecule has 0 aromatic heterocycles. The Morgan fingerprint density at radius 1 is 1.03 bits per heavy atom. The lowest BCUT2D eigenvalue weighted by Crippen LogP contribution is -2.24. The van der Waals surface area contributed by atoms with Gasteiger partial charge in [0.25, 0.3) is 0 Å². The van der Waals surface area contributed by atoms with Crippen molar-refractivity contribution >= 4 is 25.5 Å². The van der Waals surface area contributed by atoms with E-state index in [4.69, 9.17) is 29.8 Å². The smallest absolute Gasteiger partial charge is 0.404 e. The second kappa shape index (κ2) is 13.6. The van der Waals surface area contributed by atoms with Crippen LogP contribution in [0, 0.1) is 0 Å². The Hall–Kier alpha value is -2.90. The fourth-order valence-corrected chi connectivity index (χ4v) is 4.14. The highest BCUT2D eigenvalue weighted by atomic mass is 16.6. The Morgan fingerprint density at radius 2 is 1.76 bits per heavy atom. The summed E-state index contributed by atoms with van der Waals surface area (Å²) in [6, 6.07) is 7.92. The third-order valence-corrected chi connectivity index (χ3v) is 5.98. The van der Waals surface area contributed by atoms with E-state index in [0.29, 0.717) is 37.8 Å². The number of carbonyl (C=O) groups excluding carboxylic acids is 2. The number of nitrogens with two attached hydrogens (primary N) is 3. The summed E-state index contributed by atoms with van der Waals surface area (Å²) in [6.45, 7) is 2.36. The zero-order valence-corrected chi connectivity index (χ0v) is 19.7. The molecule has 1 saturated carbocycles. The van der Waals surface area contributed by atoms with Gasteiger partial charge < -0.3 is 27.3 Å². The molecule has 1 aromatic carbocycles. The third-order valence-electron chi connectivity index (χ3n) is 5.98. The number of primary amides is 1. The maximum atomic E-state index is 12.0. The van der Waals surface area contributed by atoms with Crippen LogP contribution in [-0.2, 0) is 16.1 Å². The lowest BCUT2D eigenvalue weighted by molar-refractivity contribution is -0.121. The van der Waals surface area contributed by atoms with Gasteiger partial charge in [-0.05, 0) is 67.7 Å². The van der Waals surface area contributed by atoms with Gasteiger partial charge in [-0.15, -0.1) is 0 Å². The number of ether oxygens (including phenoxy) is 1. The Bertz CT molecular complexity index is 861. The molecule has 0 aliphatic heterocycles. The van der Waals surface area contributed by atoms with Crippen molar-refractivity contribution < 1.29 is 14.3 Å². The minimum Gasteiger partial charge on any atom is -0.446 e. The van der Waals surface area contributed by atoms with E-state index in [2.05, 4.69) is 5.32 Å². The van der Waals surface area contributed by atoms with Gasteiger partial charge in [-0.25, -0.2) is 4.79 Å². The average molecular weight is 452 g/mol. The van der Waals surface area contributed by atoms with Crippen LogP contribution in [0.4, 0.5) is 4.79 Å². The molecule has 1 fully saturated rings. The lowest BCUT2D eigenvalue weighted by atomic mass is 9.86. The fraction of sp³-hybridized carbons (Fsp3) is 0.520. The van der Waals surface area contributed by atoms with Gasteiger partial charge in [0, 0.05) is 24.4 Å². The molecule has 2 amide bonds. The number of carbonyl (C=O) groups is 2. The molecular formula is C25H37BN4O3. The highest BCUT2D eigenvalue weighted by Gasteiger charge is 2.21. The molecule has 7 nitrogen and oxygen atoms in total. The average Bonchev–Trinajstić information content (AvgIpc) is 2.76. The zero-order chi connectivity index (χ0) is 24.2. The summed E-state index contributed by atoms with van der Waals surface area (Å²) in [5.41, 5.74) is 23.4. The number of amides is 2. The molecule has 8 heteroatoms. The van der Waals surface area contributed by atoms with E-state index in [0.717, 1.165) is 66.5 Å². The van der Waals surface area contributed by atoms with Crippen LogP contribution in [0.3, 0.4) is 0 Å². The number of nitrogens with one attached hydrogen (secondary N) is 1. The molecule has 0 heterocycles. The van der Waals surface area contributed by atoms with Crippen molar-refractivity contribution in [1.82, 2.24) is 5.32 Å². The number of rotatable bonds is 9. The molecule has 2 radical (unpaired) electrons. The van der Waals surface area contributed by atoms with Crippen molar-refractivity contribution in [3.05, 3.63) is 52.2 Å². The first kappa shape index (κ1) is 26.4. The molecule has 178 valence electrons. The zero-order valence-electron chi connectivity index (χ0n) is 19.7. The fourth-order valence-electron chi connectivity index (χ4n) is 4.14. The van der Waals surface area contributed by atoms with Crippen LogP contribution in [0.5, 0.6) is 0 Å². The monoisotopic (exact) mass is 452 g/mol. The number of hydrogen-bond acceptors (Lipinski definition) is 5. The normalized spacial score (nSPS) is 19.7. The highest BCUT2D eigenvalue weighted by molar-refractivity contribution is 6.08. The largest absolute Gasteiger partial charge is 0.446 e. The molecule has 1 aliphatic carbocycles. The lowest BCUT2D eigenvalue weighted by Gasteiger charge is -2.25. The van der Waals surface area contributed by atoms with Gasteiger partial charge in [-0.2, -0.15) is 0 Å². The SMILES string of the molecule is [B]CCCCCC(=O)NCc1ccc(/C(N)=C2\CCCC(OC(N)=O)CC\C2=C(/C)N)cc1. The minimum absolute atomic E-state index is 0.0547. The second-order valence-electron chi connectivity index (χ2n) is 8.62. The van der Waals surface area contributed by atoms with E-state index in [1.165, 1.54) is 0 Å². The van der Waals surface area contributed by atoms with Crippen molar-refractivity contribution in [3.63, 3.8) is 0 Å². The summed E-state index contributed by atoms with van der Waals surface area (Å²) in [5, 5.41) is 2.96. The maximum absolute atomic E-state index is 12.0. The number of unbranched alkanes of at least 4 members (excludes halogenated alkanes) is 2. The standard InChI is InChI=1S/C25H37BN4O3/c1-17(27)21-14-13-20(33-25(29)32)6-5-7-22(21)24(28)19-11-9-18(10-12-19)16-30-23(31)8-3-2-4-15-26/h9-12,20H,2-8,13-16,27-28H2,1H3,(H2,29,32)(H,30,31)/b21-17-,24-22-. The van der Waals surface area contributed by atoms with E-state index in [1.54, 1.807) is 0 Å². The molecule has 7 N–H and O–H groups in total. The molecule has 1 atom stereocenters. The molecule has 1 aromatic rings. The van der Waals surface area contributed by atoms with E-state index < -0.39 is 6.09 Å². The Labute approximate surface area is 198 Å². The van der Waals surface area contributed by atoms with Crippen molar-refractivity contribution in [3.8, 4) is 0 Å². The van der Waals surface area contributed by atoms with Gasteiger partial charge in [0.2, 0.25) is 5.91 Å². The quantitative estimate of drug-likeness (QED) is 0.334. The van der Waals surface area contributed by atoms with Crippen LogP contribution >= 0.6 is 0 Å². The minimum atomic E-state index is -0.742. The van der Waals surface area contributed by atoms with Gasteiger partial charge in [-0.1, -0.05) is 43.4 Å². The summed E-state index contributed by atoms with van der Waals surface area (Å²) >= 11 is 0. The predicted molar refractivity (Wildman–Crippen MR) is 133 cm³/mol. The molecular weight excluding hydrogens is 415 g/mol. The van der Waals surface area contributed by atoms with E-state index in [-0.39, 0.29) is 12.0 Å². The van der Waals surface area contributed by atoms with Crippen LogP contribution in [-0.4, -0.2) is 26.0 Å². The van der Waals surface area contributed by atoms with Crippen LogP contribution < -0.4 is 22.5 Å². The van der Waals surface area contributed by atoms with Gasteiger partial charge in [0.15, 0.2) is 0 Å². The van der Waals surface area contributed by atoms with Crippen LogP contribution in [0.15, 0.2) is 41.1 Å². The van der Waals surface area contributed by atoms with Crippen LogP contribution in [0.2, 0.25) is 6.32 Å². The summed E-state index contributed by atoms with van der Waals surface area (Å²) in [6.07, 6.45) is 6.67. The summed E-state index contributed by atoms with van der Waals surface area (Å²) in [7, 11) is 5.48. The summed E-state index contributed by atoms with van der Waals surface area (Å²) in [4.78, 5) is 23.1. The molecule has 0 bridgehead atoms. The van der Waals surface area contributed by atoms with E-state index in [9.17, 15) is 9.59 Å². The van der Waals surface area contributed by atoms with E-state index >= 15 is 0 Å². The predicted octanol–water partition coefficient (Wildman–Crippen LogP) is 3.78. The summed E-state index contributed by atoms with van der Waals surface area (Å²) in [5.74, 6) is 0.0547. The number of benzene rings is 1. The molecule has 1 aliphatic rings. The summed E-state index contributed by atoms with van der Waals surface area (Å²) < 4.78 is 5.21. The van der Waals surface area contributed by atoms with Crippen molar-refractivity contribution in [2.75, 3.05) is 0 Å². The molecule has 1 unspecified atom stereocenters. The Balaban J connectivity index is 2.04. The Kier molecular flexibility index (Phi) is 10.9. The van der Waals surface area contributed by atoms with Gasteiger partial charge in [0.05, 0.1) is 7.85 Å². The first-order chi connectivity index (χ1) is 15.8. The van der Waals surface area contributed by atoms with Crippen LogP contribution in [0.25, 0.3) is 5.70 Å². The van der Waals surface area contributed by atoms with Crippen molar-refractivity contribution in [2.45, 2.75) is 83.7 Å². The van der Waals surface area contributed by atoms with Crippen LogP contribution in [0.1, 0.15) is 75.8 Å². The molecule has 0 spiro atoms. The van der Waals surface area contributed by atoms with Gasteiger partial charge >= 0.3 is 6.09 Å². The Morgan fingerprint density at radius 3 is 2.39 bits per heavy atom. The van der Waals surface area contributed by atoms with E-state index in [1.807, 2.05) is 31.2 Å². The van der Waals surface area contributed by atoms with Crippen molar-refractivity contribution in [1.29, 1.82) is 0 Å². The highest BCUT2D eigenvalue weighted by Crippen LogP contribution is 2.33. The van der Waals surface area contributed by atoms with Gasteiger partial charge in [0.1, 0.15) is 6.10 Å². The van der Waals surface area contributed by atoms with Gasteiger partial charge in [-0.3, -0.25) is 4.79 Å². The second-order valence-corrected chi connectivity index (χ2v) is 8.62. The first-order valence-corrected chi connectivity index (χ1v) is 11.8. The topological polar surface area (TPSA) is 133 Å². The maximum Gasteiger partial charge on any atom is 0.404 e. The number of hydrogen-bond donors (Lipinski definition) is 4. The van der Waals surface area contributed by atoms with Crippen molar-refractivity contribution in [2.24, 2.45) is 17.2 Å². The molecule has 0 saturated heterocycles.